The number of phenolic OH excluding ortho intramolecular Hbond substituents is 1. The molecule has 2 aromatic rings. The maximum Gasteiger partial charge on any atom is 0.248 e. The number of phenols is 1. The Kier molecular flexibility index (Phi) is 4.84. The van der Waals surface area contributed by atoms with Crippen LogP contribution in [0.3, 0.4) is 0 Å². The molecule has 2 N–H and O–H groups in total. The molecule has 0 aliphatic heterocycles. The summed E-state index contributed by atoms with van der Waals surface area (Å²) >= 11 is 1.39. The first-order chi connectivity index (χ1) is 9.65. The molecule has 1 aromatic heterocycles. The van der Waals surface area contributed by atoms with Crippen LogP contribution < -0.4 is 5.32 Å². The van der Waals surface area contributed by atoms with Crippen LogP contribution in [0.25, 0.3) is 0 Å². The number of furan rings is 1. The van der Waals surface area contributed by atoms with Crippen molar-refractivity contribution in [3.8, 4) is 5.75 Å². The van der Waals surface area contributed by atoms with Crippen LogP contribution in [-0.4, -0.2) is 11.0 Å². The van der Waals surface area contributed by atoms with Crippen molar-refractivity contribution in [1.29, 1.82) is 0 Å². The molecule has 1 amide bonds. The Morgan fingerprint density at radius 1 is 1.45 bits per heavy atom. The lowest BCUT2D eigenvalue weighted by molar-refractivity contribution is -0.111. The molecule has 0 unspecified atom stereocenters. The second-order valence-corrected chi connectivity index (χ2v) is 4.74. The largest absolute Gasteiger partial charge is 0.506 e. The lowest BCUT2D eigenvalue weighted by Gasteiger charge is -2.04. The molecule has 0 fully saturated rings. The molecule has 0 spiro atoms. The number of rotatable bonds is 5. The van der Waals surface area contributed by atoms with Gasteiger partial charge in [0.25, 0.3) is 0 Å². The second kappa shape index (κ2) is 6.81. The molecular weight excluding hydrogens is 281 g/mol. The first-order valence-electron chi connectivity index (χ1n) is 5.75. The number of hydrogen-bond acceptors (Lipinski definition) is 4. The fourth-order valence-corrected chi connectivity index (χ4v) is 2.06. The topological polar surface area (TPSA) is 62.5 Å². The van der Waals surface area contributed by atoms with Crippen LogP contribution in [0.15, 0.2) is 52.5 Å². The Labute approximate surface area is 119 Å². The number of halogens is 1. The van der Waals surface area contributed by atoms with E-state index in [4.69, 9.17) is 4.42 Å². The van der Waals surface area contributed by atoms with Gasteiger partial charge in [-0.15, -0.1) is 11.8 Å². The van der Waals surface area contributed by atoms with Gasteiger partial charge in [0.15, 0.2) is 0 Å². The van der Waals surface area contributed by atoms with Crippen molar-refractivity contribution in [3.63, 3.8) is 0 Å². The van der Waals surface area contributed by atoms with E-state index in [1.54, 1.807) is 17.7 Å². The number of nitrogens with one attached hydrogen (secondary N) is 1. The minimum Gasteiger partial charge on any atom is -0.506 e. The summed E-state index contributed by atoms with van der Waals surface area (Å²) in [5.74, 6) is 0.258. The zero-order valence-electron chi connectivity index (χ0n) is 10.4. The van der Waals surface area contributed by atoms with Crippen molar-refractivity contribution in [2.75, 3.05) is 5.32 Å². The number of benzene rings is 1. The minimum absolute atomic E-state index is 0.0377. The summed E-state index contributed by atoms with van der Waals surface area (Å²) in [6.45, 7) is 0. The quantitative estimate of drug-likeness (QED) is 0.654. The van der Waals surface area contributed by atoms with E-state index in [1.807, 2.05) is 6.07 Å². The second-order valence-electron chi connectivity index (χ2n) is 3.84. The molecule has 0 aliphatic carbocycles. The molecule has 104 valence electrons. The third-order valence-electron chi connectivity index (χ3n) is 2.34. The van der Waals surface area contributed by atoms with E-state index >= 15 is 0 Å². The average Bonchev–Trinajstić information content (AvgIpc) is 2.92. The third-order valence-corrected chi connectivity index (χ3v) is 3.12. The van der Waals surface area contributed by atoms with E-state index in [9.17, 15) is 14.3 Å². The Morgan fingerprint density at radius 3 is 3.05 bits per heavy atom. The molecule has 0 saturated carbocycles. The fraction of sp³-hybridized carbons (Fsp3) is 0.0714. The van der Waals surface area contributed by atoms with Gasteiger partial charge in [0, 0.05) is 12.1 Å². The molecule has 0 atom stereocenters. The average molecular weight is 293 g/mol. The molecule has 4 nitrogen and oxygen atoms in total. The number of hydrogen-bond donors (Lipinski definition) is 2. The molecule has 0 radical (unpaired) electrons. The number of anilines is 1. The van der Waals surface area contributed by atoms with Crippen molar-refractivity contribution in [1.82, 2.24) is 0 Å². The highest BCUT2D eigenvalue weighted by Crippen LogP contribution is 2.23. The monoisotopic (exact) mass is 293 g/mol. The summed E-state index contributed by atoms with van der Waals surface area (Å²) in [6.07, 6.45) is 2.89. The van der Waals surface area contributed by atoms with Gasteiger partial charge in [0.05, 0.1) is 17.7 Å². The van der Waals surface area contributed by atoms with Gasteiger partial charge in [0.2, 0.25) is 5.91 Å². The highest BCUT2D eigenvalue weighted by Gasteiger charge is 2.05. The number of thioether (sulfide) groups is 1. The maximum atomic E-state index is 13.0. The van der Waals surface area contributed by atoms with Crippen LogP contribution in [0.1, 0.15) is 5.76 Å². The number of carbonyl (C=O) groups excluding carboxylic acids is 1. The SMILES string of the molecule is O=C(C=CSCc1ccco1)Nc1cc(F)ccc1O. The molecular formula is C14H12FNO3S. The zero-order chi connectivity index (χ0) is 14.4. The van der Waals surface area contributed by atoms with E-state index in [0.29, 0.717) is 5.75 Å². The summed E-state index contributed by atoms with van der Waals surface area (Å²) in [7, 11) is 0. The van der Waals surface area contributed by atoms with Crippen molar-refractivity contribution in [2.24, 2.45) is 0 Å². The summed E-state index contributed by atoms with van der Waals surface area (Å²) < 4.78 is 18.1. The molecule has 0 bridgehead atoms. The molecule has 1 aromatic carbocycles. The van der Waals surface area contributed by atoms with Gasteiger partial charge in [-0.05, 0) is 29.7 Å². The molecule has 6 heteroatoms. The van der Waals surface area contributed by atoms with Crippen LogP contribution in [0, 0.1) is 5.82 Å². The van der Waals surface area contributed by atoms with Gasteiger partial charge in [-0.2, -0.15) is 0 Å². The van der Waals surface area contributed by atoms with Gasteiger partial charge in [0.1, 0.15) is 17.3 Å². The molecule has 1 heterocycles. The van der Waals surface area contributed by atoms with Crippen molar-refractivity contribution < 1.29 is 18.7 Å². The summed E-state index contributed by atoms with van der Waals surface area (Å²) in [4.78, 5) is 11.6. The van der Waals surface area contributed by atoms with Gasteiger partial charge in [-0.25, -0.2) is 4.39 Å². The van der Waals surface area contributed by atoms with Crippen LogP contribution in [0.5, 0.6) is 5.75 Å². The van der Waals surface area contributed by atoms with Crippen LogP contribution in [0.4, 0.5) is 10.1 Å². The maximum absolute atomic E-state index is 13.0. The van der Waals surface area contributed by atoms with Crippen LogP contribution >= 0.6 is 11.8 Å². The number of aromatic hydroxyl groups is 1. The van der Waals surface area contributed by atoms with E-state index < -0.39 is 11.7 Å². The van der Waals surface area contributed by atoms with E-state index in [2.05, 4.69) is 5.32 Å². The molecule has 2 rings (SSSR count). The number of carbonyl (C=O) groups is 1. The Hall–Kier alpha value is -2.21. The predicted molar refractivity (Wildman–Crippen MR) is 75.8 cm³/mol. The Bertz CT molecular complexity index is 611. The standard InChI is InChI=1S/C14H12FNO3S/c15-10-3-4-13(17)12(8-10)16-14(18)5-7-20-9-11-2-1-6-19-11/h1-8,17H,9H2,(H,16,18). The smallest absolute Gasteiger partial charge is 0.248 e. The highest BCUT2D eigenvalue weighted by molar-refractivity contribution is 8.01. The van der Waals surface area contributed by atoms with Crippen LogP contribution in [0.2, 0.25) is 0 Å². The molecule has 20 heavy (non-hydrogen) atoms. The van der Waals surface area contributed by atoms with E-state index in [1.165, 1.54) is 23.9 Å². The zero-order valence-corrected chi connectivity index (χ0v) is 11.2. The first-order valence-corrected chi connectivity index (χ1v) is 6.80. The number of amides is 1. The lowest BCUT2D eigenvalue weighted by atomic mass is 10.3. The van der Waals surface area contributed by atoms with Crippen molar-refractivity contribution in [2.45, 2.75) is 5.75 Å². The summed E-state index contributed by atoms with van der Waals surface area (Å²) in [6, 6.07) is 6.97. The normalized spacial score (nSPS) is 10.8. The van der Waals surface area contributed by atoms with Crippen molar-refractivity contribution >= 4 is 23.4 Å². The van der Waals surface area contributed by atoms with Crippen LogP contribution in [-0.2, 0) is 10.5 Å². The lowest BCUT2D eigenvalue weighted by Crippen LogP contribution is -2.07. The first kappa shape index (κ1) is 14.2. The Balaban J connectivity index is 1.84. The molecule has 0 aliphatic rings. The predicted octanol–water partition coefficient (Wildman–Crippen LogP) is 3.51. The van der Waals surface area contributed by atoms with Gasteiger partial charge in [-0.3, -0.25) is 4.79 Å². The van der Waals surface area contributed by atoms with Gasteiger partial charge >= 0.3 is 0 Å². The fourth-order valence-electron chi connectivity index (χ4n) is 1.42. The van der Waals surface area contributed by atoms with Gasteiger partial charge < -0.3 is 14.8 Å². The third kappa shape index (κ3) is 4.17. The minimum atomic E-state index is -0.533. The molecule has 0 saturated heterocycles. The summed E-state index contributed by atoms with van der Waals surface area (Å²) in [5, 5.41) is 13.5. The summed E-state index contributed by atoms with van der Waals surface area (Å²) in [5.41, 5.74) is 0.0377. The Morgan fingerprint density at radius 2 is 2.30 bits per heavy atom. The van der Waals surface area contributed by atoms with Gasteiger partial charge in [-0.1, -0.05) is 0 Å². The van der Waals surface area contributed by atoms with E-state index in [0.717, 1.165) is 17.9 Å². The van der Waals surface area contributed by atoms with E-state index in [-0.39, 0.29) is 11.4 Å². The van der Waals surface area contributed by atoms with Crippen molar-refractivity contribution in [3.05, 3.63) is 59.7 Å². The highest BCUT2D eigenvalue weighted by atomic mass is 32.2.